The van der Waals surface area contributed by atoms with Crippen LogP contribution in [0.4, 0.5) is 11.8 Å². The predicted octanol–water partition coefficient (Wildman–Crippen LogP) is 2.74. The Balaban J connectivity index is 1.76. The fourth-order valence-corrected chi connectivity index (χ4v) is 2.98. The molecule has 4 nitrogen and oxygen atoms in total. The summed E-state index contributed by atoms with van der Waals surface area (Å²) in [7, 11) is 0. The molecule has 1 N–H and O–H groups in total. The monoisotopic (exact) mass is 246 g/mol. The molecule has 2 aliphatic rings. The summed E-state index contributed by atoms with van der Waals surface area (Å²) in [4.78, 5) is 11.6. The molecule has 2 fully saturated rings. The smallest absolute Gasteiger partial charge is 0.225 e. The molecule has 1 aromatic rings. The topological polar surface area (TPSA) is 41.1 Å². The third-order valence-corrected chi connectivity index (χ3v) is 3.96. The minimum atomic E-state index is 0.582. The molecule has 18 heavy (non-hydrogen) atoms. The van der Waals surface area contributed by atoms with Gasteiger partial charge in [0.1, 0.15) is 5.82 Å². The number of anilines is 2. The number of hydrogen-bond acceptors (Lipinski definition) is 4. The molecular weight excluding hydrogens is 224 g/mol. The Morgan fingerprint density at radius 3 is 2.56 bits per heavy atom. The van der Waals surface area contributed by atoms with Crippen LogP contribution in [0, 0.1) is 6.92 Å². The summed E-state index contributed by atoms with van der Waals surface area (Å²) in [6.45, 7) is 4.33. The number of nitrogens with zero attached hydrogens (tertiary/aromatic N) is 3. The van der Waals surface area contributed by atoms with Crippen LogP contribution in [-0.2, 0) is 0 Å². The summed E-state index contributed by atoms with van der Waals surface area (Å²) in [6.07, 6.45) is 7.76. The summed E-state index contributed by atoms with van der Waals surface area (Å²) < 4.78 is 0. The van der Waals surface area contributed by atoms with Gasteiger partial charge in [-0.15, -0.1) is 0 Å². The fraction of sp³-hybridized carbons (Fsp3) is 0.714. The van der Waals surface area contributed by atoms with Crippen molar-refractivity contribution in [3.8, 4) is 0 Å². The third kappa shape index (κ3) is 2.57. The van der Waals surface area contributed by atoms with Gasteiger partial charge >= 0.3 is 0 Å². The van der Waals surface area contributed by atoms with Crippen molar-refractivity contribution >= 4 is 11.8 Å². The van der Waals surface area contributed by atoms with Gasteiger partial charge in [-0.25, -0.2) is 4.98 Å². The van der Waals surface area contributed by atoms with Gasteiger partial charge < -0.3 is 10.2 Å². The lowest BCUT2D eigenvalue weighted by atomic mass is 10.2. The molecule has 1 aromatic heterocycles. The normalized spacial score (nSPS) is 20.6. The van der Waals surface area contributed by atoms with E-state index in [-0.39, 0.29) is 0 Å². The van der Waals surface area contributed by atoms with E-state index in [1.165, 1.54) is 38.5 Å². The average molecular weight is 246 g/mol. The van der Waals surface area contributed by atoms with Gasteiger partial charge in [-0.05, 0) is 32.6 Å². The molecule has 0 spiro atoms. The van der Waals surface area contributed by atoms with Crippen LogP contribution in [-0.4, -0.2) is 29.1 Å². The Morgan fingerprint density at radius 1 is 1.11 bits per heavy atom. The Labute approximate surface area is 109 Å². The SMILES string of the molecule is Cc1cc(N2CCCC2)nc(NC2CCCC2)n1. The number of nitrogens with one attached hydrogen (secondary N) is 1. The van der Waals surface area contributed by atoms with E-state index in [1.807, 2.05) is 0 Å². The van der Waals surface area contributed by atoms with Crippen molar-refractivity contribution in [1.82, 2.24) is 9.97 Å². The van der Waals surface area contributed by atoms with E-state index >= 15 is 0 Å². The van der Waals surface area contributed by atoms with Gasteiger partial charge in [0.05, 0.1) is 0 Å². The van der Waals surface area contributed by atoms with Gasteiger partial charge in [0.15, 0.2) is 0 Å². The third-order valence-electron chi connectivity index (χ3n) is 3.96. The van der Waals surface area contributed by atoms with Crippen molar-refractivity contribution in [1.29, 1.82) is 0 Å². The van der Waals surface area contributed by atoms with Crippen LogP contribution in [0.2, 0.25) is 0 Å². The number of aromatic nitrogens is 2. The standard InChI is InChI=1S/C14H22N4/c1-11-10-13(18-8-4-5-9-18)17-14(15-11)16-12-6-2-3-7-12/h10,12H,2-9H2,1H3,(H,15,16,17). The highest BCUT2D eigenvalue weighted by atomic mass is 15.2. The molecule has 2 heterocycles. The molecule has 0 radical (unpaired) electrons. The van der Waals surface area contributed by atoms with Crippen LogP contribution in [0.25, 0.3) is 0 Å². The lowest BCUT2D eigenvalue weighted by Gasteiger charge is -2.19. The van der Waals surface area contributed by atoms with Crippen LogP contribution in [0.1, 0.15) is 44.2 Å². The Hall–Kier alpha value is -1.32. The van der Waals surface area contributed by atoms with Crippen LogP contribution in [0.3, 0.4) is 0 Å². The second-order valence-electron chi connectivity index (χ2n) is 5.51. The minimum absolute atomic E-state index is 0.582. The van der Waals surface area contributed by atoms with Crippen molar-refractivity contribution in [2.45, 2.75) is 51.5 Å². The zero-order chi connectivity index (χ0) is 12.4. The first-order valence-corrected chi connectivity index (χ1v) is 7.18. The molecule has 1 saturated heterocycles. The Bertz CT molecular complexity index is 406. The molecule has 0 unspecified atom stereocenters. The van der Waals surface area contributed by atoms with E-state index in [9.17, 15) is 0 Å². The number of rotatable bonds is 3. The zero-order valence-electron chi connectivity index (χ0n) is 11.2. The molecule has 0 atom stereocenters. The molecule has 98 valence electrons. The molecule has 4 heteroatoms. The van der Waals surface area contributed by atoms with Gasteiger partial charge in [0.25, 0.3) is 0 Å². The number of hydrogen-bond donors (Lipinski definition) is 1. The maximum atomic E-state index is 4.68. The molecule has 3 rings (SSSR count). The molecular formula is C14H22N4. The summed E-state index contributed by atoms with van der Waals surface area (Å²) in [5.41, 5.74) is 1.06. The van der Waals surface area contributed by atoms with Gasteiger partial charge in [-0.2, -0.15) is 4.98 Å². The maximum Gasteiger partial charge on any atom is 0.225 e. The van der Waals surface area contributed by atoms with E-state index in [0.29, 0.717) is 6.04 Å². The molecule has 1 aliphatic carbocycles. The van der Waals surface area contributed by atoms with Crippen LogP contribution in [0.5, 0.6) is 0 Å². The first-order chi connectivity index (χ1) is 8.81. The summed E-state index contributed by atoms with van der Waals surface area (Å²) in [6, 6.07) is 2.68. The first-order valence-electron chi connectivity index (χ1n) is 7.18. The van der Waals surface area contributed by atoms with Crippen LogP contribution < -0.4 is 10.2 Å². The van der Waals surface area contributed by atoms with Crippen molar-refractivity contribution < 1.29 is 0 Å². The van der Waals surface area contributed by atoms with Gasteiger partial charge in [0.2, 0.25) is 5.95 Å². The molecule has 1 aliphatic heterocycles. The van der Waals surface area contributed by atoms with Crippen molar-refractivity contribution in [2.24, 2.45) is 0 Å². The second kappa shape index (κ2) is 5.12. The van der Waals surface area contributed by atoms with Crippen molar-refractivity contribution in [2.75, 3.05) is 23.3 Å². The Kier molecular flexibility index (Phi) is 3.35. The van der Waals surface area contributed by atoms with Crippen LogP contribution in [0.15, 0.2) is 6.07 Å². The fourth-order valence-electron chi connectivity index (χ4n) is 2.98. The lowest BCUT2D eigenvalue weighted by Crippen LogP contribution is -2.22. The van der Waals surface area contributed by atoms with E-state index < -0.39 is 0 Å². The van der Waals surface area contributed by atoms with E-state index in [1.54, 1.807) is 0 Å². The van der Waals surface area contributed by atoms with Gasteiger partial charge in [0, 0.05) is 30.9 Å². The highest BCUT2D eigenvalue weighted by Crippen LogP contribution is 2.23. The van der Waals surface area contributed by atoms with Crippen molar-refractivity contribution in [3.05, 3.63) is 11.8 Å². The zero-order valence-corrected chi connectivity index (χ0v) is 11.2. The predicted molar refractivity (Wildman–Crippen MR) is 74.1 cm³/mol. The van der Waals surface area contributed by atoms with Crippen LogP contribution >= 0.6 is 0 Å². The largest absolute Gasteiger partial charge is 0.356 e. The highest BCUT2D eigenvalue weighted by Gasteiger charge is 2.18. The van der Waals surface area contributed by atoms with E-state index in [4.69, 9.17) is 0 Å². The van der Waals surface area contributed by atoms with Crippen molar-refractivity contribution in [3.63, 3.8) is 0 Å². The molecule has 0 aromatic carbocycles. The second-order valence-corrected chi connectivity index (χ2v) is 5.51. The Morgan fingerprint density at radius 2 is 1.83 bits per heavy atom. The first kappa shape index (κ1) is 11.8. The lowest BCUT2D eigenvalue weighted by molar-refractivity contribution is 0.741. The average Bonchev–Trinajstić information content (AvgIpc) is 3.00. The summed E-state index contributed by atoms with van der Waals surface area (Å²) in [5, 5.41) is 3.50. The van der Waals surface area contributed by atoms with E-state index in [2.05, 4.69) is 33.2 Å². The van der Waals surface area contributed by atoms with Gasteiger partial charge in [-0.3, -0.25) is 0 Å². The highest BCUT2D eigenvalue weighted by molar-refractivity contribution is 5.45. The number of aryl methyl sites for hydroxylation is 1. The quantitative estimate of drug-likeness (QED) is 0.890. The summed E-state index contributed by atoms with van der Waals surface area (Å²) >= 11 is 0. The van der Waals surface area contributed by atoms with Gasteiger partial charge in [-0.1, -0.05) is 12.8 Å². The summed E-state index contributed by atoms with van der Waals surface area (Å²) in [5.74, 6) is 1.92. The molecule has 1 saturated carbocycles. The maximum absolute atomic E-state index is 4.68. The molecule has 0 bridgehead atoms. The molecule has 0 amide bonds. The minimum Gasteiger partial charge on any atom is -0.356 e. The van der Waals surface area contributed by atoms with E-state index in [0.717, 1.165) is 30.5 Å².